The van der Waals surface area contributed by atoms with Crippen LogP contribution in [0.3, 0.4) is 0 Å². The summed E-state index contributed by atoms with van der Waals surface area (Å²) in [6.45, 7) is 2.97. The van der Waals surface area contributed by atoms with Crippen molar-refractivity contribution in [2.75, 3.05) is 42.4 Å². The van der Waals surface area contributed by atoms with Crippen molar-refractivity contribution in [3.8, 4) is 5.75 Å². The van der Waals surface area contributed by atoms with Gasteiger partial charge in [-0.05, 0) is 38.0 Å². The quantitative estimate of drug-likeness (QED) is 0.383. The third kappa shape index (κ3) is 6.04. The molecule has 1 atom stereocenters. The van der Waals surface area contributed by atoms with Crippen molar-refractivity contribution in [1.82, 2.24) is 15.4 Å². The van der Waals surface area contributed by atoms with Crippen molar-refractivity contribution in [2.24, 2.45) is 5.92 Å². The van der Waals surface area contributed by atoms with E-state index in [2.05, 4.69) is 20.8 Å². The predicted molar refractivity (Wildman–Crippen MR) is 122 cm³/mol. The molecule has 12 heteroatoms. The summed E-state index contributed by atoms with van der Waals surface area (Å²) >= 11 is 11.9. The number of nitrogen functional groups attached to an aromatic ring is 1. The van der Waals surface area contributed by atoms with Gasteiger partial charge >= 0.3 is 5.97 Å². The predicted octanol–water partition coefficient (Wildman–Crippen LogP) is 2.67. The lowest BCUT2D eigenvalue weighted by Crippen LogP contribution is -2.40. The molecule has 0 aliphatic carbocycles. The first-order valence-electron chi connectivity index (χ1n) is 10.0. The molecule has 4 N–H and O–H groups in total. The molecule has 1 saturated heterocycles. The van der Waals surface area contributed by atoms with Gasteiger partial charge in [-0.2, -0.15) is 0 Å². The van der Waals surface area contributed by atoms with E-state index in [1.54, 1.807) is 19.1 Å². The average Bonchev–Trinajstić information content (AvgIpc) is 2.78. The summed E-state index contributed by atoms with van der Waals surface area (Å²) in [6.07, 6.45) is 2.88. The number of nitrogens with one attached hydrogen (secondary N) is 2. The van der Waals surface area contributed by atoms with E-state index < -0.39 is 5.91 Å². The molecule has 1 aromatic carbocycles. The Morgan fingerprint density at radius 3 is 2.88 bits per heavy atom. The van der Waals surface area contributed by atoms with Crippen LogP contribution in [0.2, 0.25) is 10.0 Å². The van der Waals surface area contributed by atoms with Gasteiger partial charge in [0.15, 0.2) is 18.2 Å². The van der Waals surface area contributed by atoms with Gasteiger partial charge in [0.05, 0.1) is 17.5 Å². The van der Waals surface area contributed by atoms with Gasteiger partial charge in [-0.15, -0.1) is 0 Å². The number of ether oxygens (including phenoxy) is 2. The summed E-state index contributed by atoms with van der Waals surface area (Å²) in [6, 6.07) is 4.70. The highest BCUT2D eigenvalue weighted by Gasteiger charge is 2.29. The van der Waals surface area contributed by atoms with Crippen LogP contribution in [0.5, 0.6) is 5.75 Å². The molecule has 10 nitrogen and oxygen atoms in total. The molecule has 2 heterocycles. The molecule has 1 aliphatic rings. The SMILES string of the molecule is CCOC(=O)C1CCCN(c2ncnc(NNC(=O)COc3ccc(Cl)cc3Cl)c2N)C1. The second kappa shape index (κ2) is 11.1. The smallest absolute Gasteiger partial charge is 0.310 e. The summed E-state index contributed by atoms with van der Waals surface area (Å²) < 4.78 is 10.5. The number of nitrogens with two attached hydrogens (primary N) is 1. The zero-order valence-electron chi connectivity index (χ0n) is 17.4. The van der Waals surface area contributed by atoms with Gasteiger partial charge in [0, 0.05) is 18.1 Å². The minimum atomic E-state index is -0.476. The molecule has 0 spiro atoms. The fourth-order valence-corrected chi connectivity index (χ4v) is 3.72. The fourth-order valence-electron chi connectivity index (χ4n) is 3.26. The number of anilines is 3. The topological polar surface area (TPSA) is 132 Å². The largest absolute Gasteiger partial charge is 0.482 e. The maximum atomic E-state index is 12.1. The molecule has 2 aromatic rings. The summed E-state index contributed by atoms with van der Waals surface area (Å²) in [7, 11) is 0. The Labute approximate surface area is 195 Å². The fraction of sp³-hybridized carbons (Fsp3) is 0.400. The van der Waals surface area contributed by atoms with Crippen LogP contribution in [0.4, 0.5) is 17.3 Å². The Morgan fingerprint density at radius 1 is 1.31 bits per heavy atom. The van der Waals surface area contributed by atoms with Crippen LogP contribution in [0.1, 0.15) is 19.8 Å². The number of carbonyl (C=O) groups excluding carboxylic acids is 2. The Morgan fingerprint density at radius 2 is 2.12 bits per heavy atom. The molecule has 1 aliphatic heterocycles. The summed E-state index contributed by atoms with van der Waals surface area (Å²) in [5, 5.41) is 0.761. The van der Waals surface area contributed by atoms with Crippen LogP contribution in [0.25, 0.3) is 0 Å². The van der Waals surface area contributed by atoms with E-state index in [0.29, 0.717) is 41.3 Å². The molecule has 1 aromatic heterocycles. The highest BCUT2D eigenvalue weighted by Crippen LogP contribution is 2.30. The number of hydrazine groups is 1. The van der Waals surface area contributed by atoms with Crippen molar-refractivity contribution in [2.45, 2.75) is 19.8 Å². The van der Waals surface area contributed by atoms with E-state index in [9.17, 15) is 9.59 Å². The number of hydrogen-bond acceptors (Lipinski definition) is 9. The average molecular weight is 483 g/mol. The van der Waals surface area contributed by atoms with Crippen LogP contribution in [0.15, 0.2) is 24.5 Å². The van der Waals surface area contributed by atoms with Crippen molar-refractivity contribution in [3.05, 3.63) is 34.6 Å². The standard InChI is InChI=1S/C20H24Cl2N6O4/c1-2-31-20(30)12-4-3-7-28(9-12)19-17(23)18(24-11-25-19)27-26-16(29)10-32-15-6-5-13(21)8-14(15)22/h5-6,8,11-12H,2-4,7,9-10,23H2,1H3,(H,26,29)(H,24,25,27). The van der Waals surface area contributed by atoms with Crippen LogP contribution >= 0.6 is 23.2 Å². The number of rotatable bonds is 8. The van der Waals surface area contributed by atoms with Crippen LogP contribution in [-0.4, -0.2) is 48.1 Å². The number of esters is 1. The third-order valence-electron chi connectivity index (χ3n) is 4.78. The molecule has 1 unspecified atom stereocenters. The molecular weight excluding hydrogens is 459 g/mol. The number of nitrogens with zero attached hydrogens (tertiary/aromatic N) is 3. The van der Waals surface area contributed by atoms with E-state index >= 15 is 0 Å². The van der Waals surface area contributed by atoms with E-state index in [4.69, 9.17) is 38.4 Å². The summed E-state index contributed by atoms with van der Waals surface area (Å²) in [5.41, 5.74) is 11.6. The van der Waals surface area contributed by atoms with Gasteiger partial charge in [-0.25, -0.2) is 9.97 Å². The van der Waals surface area contributed by atoms with Crippen LogP contribution < -0.4 is 26.2 Å². The maximum absolute atomic E-state index is 12.1. The van der Waals surface area contributed by atoms with Crippen molar-refractivity contribution in [1.29, 1.82) is 0 Å². The van der Waals surface area contributed by atoms with Gasteiger partial charge < -0.3 is 20.1 Å². The normalized spacial score (nSPS) is 15.7. The molecule has 1 amide bonds. The number of halogens is 2. The van der Waals surface area contributed by atoms with Gasteiger partial charge in [0.2, 0.25) is 0 Å². The first kappa shape index (κ1) is 23.7. The molecule has 172 valence electrons. The van der Waals surface area contributed by atoms with Crippen LogP contribution in [-0.2, 0) is 14.3 Å². The lowest BCUT2D eigenvalue weighted by Gasteiger charge is -2.33. The minimum Gasteiger partial charge on any atom is -0.482 e. The molecule has 32 heavy (non-hydrogen) atoms. The summed E-state index contributed by atoms with van der Waals surface area (Å²) in [4.78, 5) is 34.5. The molecule has 0 radical (unpaired) electrons. The van der Waals surface area contributed by atoms with E-state index in [0.717, 1.165) is 12.8 Å². The number of aromatic nitrogens is 2. The van der Waals surface area contributed by atoms with E-state index in [1.165, 1.54) is 12.4 Å². The first-order chi connectivity index (χ1) is 15.4. The van der Waals surface area contributed by atoms with Gasteiger partial charge in [-0.1, -0.05) is 23.2 Å². The zero-order chi connectivity index (χ0) is 23.1. The zero-order valence-corrected chi connectivity index (χ0v) is 18.9. The minimum absolute atomic E-state index is 0.226. The second-order valence-corrected chi connectivity index (χ2v) is 7.88. The van der Waals surface area contributed by atoms with E-state index in [-0.39, 0.29) is 30.0 Å². The number of amides is 1. The third-order valence-corrected chi connectivity index (χ3v) is 5.31. The lowest BCUT2D eigenvalue weighted by molar-refractivity contribution is -0.148. The molecule has 3 rings (SSSR count). The highest BCUT2D eigenvalue weighted by molar-refractivity contribution is 6.35. The lowest BCUT2D eigenvalue weighted by atomic mass is 9.98. The van der Waals surface area contributed by atoms with Gasteiger partial charge in [0.25, 0.3) is 5.91 Å². The van der Waals surface area contributed by atoms with Crippen LogP contribution in [0, 0.1) is 5.92 Å². The number of hydrogen-bond donors (Lipinski definition) is 3. The Bertz CT molecular complexity index is 977. The van der Waals surface area contributed by atoms with Crippen molar-refractivity contribution in [3.63, 3.8) is 0 Å². The highest BCUT2D eigenvalue weighted by atomic mass is 35.5. The maximum Gasteiger partial charge on any atom is 0.310 e. The molecule has 0 bridgehead atoms. The monoisotopic (exact) mass is 482 g/mol. The Kier molecular flexibility index (Phi) is 8.18. The molecule has 0 saturated carbocycles. The van der Waals surface area contributed by atoms with Gasteiger partial charge in [0.1, 0.15) is 17.8 Å². The van der Waals surface area contributed by atoms with Gasteiger partial charge in [-0.3, -0.25) is 20.4 Å². The number of carbonyl (C=O) groups is 2. The second-order valence-electron chi connectivity index (χ2n) is 7.03. The van der Waals surface area contributed by atoms with Crippen molar-refractivity contribution >= 4 is 52.4 Å². The Hall–Kier alpha value is -2.98. The number of piperidine rings is 1. The van der Waals surface area contributed by atoms with Crippen molar-refractivity contribution < 1.29 is 19.1 Å². The summed E-state index contributed by atoms with van der Waals surface area (Å²) in [5.74, 6) is 0.0931. The molecule has 1 fully saturated rings. The van der Waals surface area contributed by atoms with E-state index in [1.807, 2.05) is 4.90 Å². The Balaban J connectivity index is 1.58. The first-order valence-corrected chi connectivity index (χ1v) is 10.8. The molecular formula is C20H24Cl2N6O4. The number of benzene rings is 1.